The summed E-state index contributed by atoms with van der Waals surface area (Å²) in [5.41, 5.74) is 2.15. The SMILES string of the molecule is C=C(F)C(=O)NCc1csc(Oc2cc(OC)c3c(NSc4cc(CC)ccc4OC)noc3c2)n1. The molecule has 0 radical (unpaired) electrons. The predicted octanol–water partition coefficient (Wildman–Crippen LogP) is 5.87. The second-order valence-electron chi connectivity index (χ2n) is 7.37. The summed E-state index contributed by atoms with van der Waals surface area (Å²) in [7, 11) is 3.17. The first-order chi connectivity index (χ1) is 17.4. The second kappa shape index (κ2) is 11.3. The van der Waals surface area contributed by atoms with E-state index in [0.717, 1.165) is 17.1 Å². The van der Waals surface area contributed by atoms with E-state index >= 15 is 0 Å². The van der Waals surface area contributed by atoms with Gasteiger partial charge in [0, 0.05) is 17.5 Å². The quantitative estimate of drug-likeness (QED) is 0.182. The Balaban J connectivity index is 1.50. The standard InChI is InChI=1S/C24H23FN4O5S2/c1-5-14-6-7-17(31-3)20(8-14)36-29-22-21-18(32-4)9-16(10-19(21)34-28-22)33-24-27-15(12-35-24)11-26-23(30)13(2)25/h6-10,12H,2,5,11H2,1,3-4H3,(H,26,30)(H,28,29). The largest absolute Gasteiger partial charge is 0.496 e. The van der Waals surface area contributed by atoms with Crippen molar-refractivity contribution in [1.29, 1.82) is 0 Å². The van der Waals surface area contributed by atoms with Crippen LogP contribution in [0.15, 0.2) is 57.5 Å². The van der Waals surface area contributed by atoms with Crippen LogP contribution in [0.2, 0.25) is 0 Å². The predicted molar refractivity (Wildman–Crippen MR) is 137 cm³/mol. The summed E-state index contributed by atoms with van der Waals surface area (Å²) in [6.45, 7) is 5.09. The van der Waals surface area contributed by atoms with Gasteiger partial charge in [0.2, 0.25) is 0 Å². The fraction of sp³-hybridized carbons (Fsp3) is 0.208. The Morgan fingerprint density at radius 3 is 2.75 bits per heavy atom. The number of fused-ring (bicyclic) bond motifs is 1. The molecule has 4 rings (SSSR count). The van der Waals surface area contributed by atoms with Crippen molar-refractivity contribution in [3.63, 3.8) is 0 Å². The van der Waals surface area contributed by atoms with E-state index in [1.54, 1.807) is 31.7 Å². The molecule has 2 N–H and O–H groups in total. The monoisotopic (exact) mass is 530 g/mol. The molecule has 0 aliphatic carbocycles. The zero-order valence-corrected chi connectivity index (χ0v) is 21.3. The van der Waals surface area contributed by atoms with Gasteiger partial charge in [-0.1, -0.05) is 36.1 Å². The van der Waals surface area contributed by atoms with E-state index in [1.165, 1.54) is 28.8 Å². The van der Waals surface area contributed by atoms with E-state index in [9.17, 15) is 9.18 Å². The number of nitrogens with zero attached hydrogens (tertiary/aromatic N) is 2. The van der Waals surface area contributed by atoms with Crippen LogP contribution in [0.5, 0.6) is 22.4 Å². The molecular formula is C24H23FN4O5S2. The smallest absolute Gasteiger partial charge is 0.279 e. The molecule has 2 heterocycles. The maximum absolute atomic E-state index is 12.8. The minimum Gasteiger partial charge on any atom is -0.496 e. The number of amides is 1. The molecule has 0 atom stereocenters. The van der Waals surface area contributed by atoms with Crippen LogP contribution in [0, 0.1) is 0 Å². The van der Waals surface area contributed by atoms with Crippen LogP contribution in [0.25, 0.3) is 11.0 Å². The molecule has 4 aromatic rings. The Labute approximate surface area is 214 Å². The third kappa shape index (κ3) is 5.71. The second-order valence-corrected chi connectivity index (χ2v) is 9.04. The molecule has 12 heteroatoms. The fourth-order valence-electron chi connectivity index (χ4n) is 3.21. The number of nitrogens with one attached hydrogen (secondary N) is 2. The maximum atomic E-state index is 12.8. The molecule has 0 unspecified atom stereocenters. The summed E-state index contributed by atoms with van der Waals surface area (Å²) in [4.78, 5) is 16.5. The summed E-state index contributed by atoms with van der Waals surface area (Å²) < 4.78 is 38.4. The van der Waals surface area contributed by atoms with Gasteiger partial charge in [0.05, 0.1) is 31.4 Å². The van der Waals surface area contributed by atoms with Crippen LogP contribution >= 0.6 is 23.3 Å². The van der Waals surface area contributed by atoms with Crippen LogP contribution in [-0.4, -0.2) is 30.3 Å². The lowest BCUT2D eigenvalue weighted by atomic mass is 10.2. The number of ether oxygens (including phenoxy) is 3. The van der Waals surface area contributed by atoms with E-state index < -0.39 is 11.7 Å². The highest BCUT2D eigenvalue weighted by Crippen LogP contribution is 2.40. The van der Waals surface area contributed by atoms with Gasteiger partial charge in [-0.05, 0) is 36.1 Å². The Kier molecular flexibility index (Phi) is 7.96. The first-order valence-electron chi connectivity index (χ1n) is 10.7. The molecule has 9 nitrogen and oxygen atoms in total. The first-order valence-corrected chi connectivity index (χ1v) is 12.4. The van der Waals surface area contributed by atoms with E-state index in [0.29, 0.717) is 39.2 Å². The molecule has 2 aromatic carbocycles. The third-order valence-electron chi connectivity index (χ3n) is 5.04. The number of benzene rings is 2. The van der Waals surface area contributed by atoms with Crippen molar-refractivity contribution in [3.05, 3.63) is 59.4 Å². The number of anilines is 1. The van der Waals surface area contributed by atoms with Crippen molar-refractivity contribution in [2.75, 3.05) is 18.9 Å². The number of aryl methyl sites for hydroxylation is 1. The Bertz CT molecular complexity index is 1400. The van der Waals surface area contributed by atoms with Gasteiger partial charge in [0.1, 0.15) is 22.6 Å². The van der Waals surface area contributed by atoms with Crippen LogP contribution in [-0.2, 0) is 17.8 Å². The zero-order chi connectivity index (χ0) is 25.7. The number of halogens is 1. The van der Waals surface area contributed by atoms with Gasteiger partial charge in [-0.3, -0.25) is 4.79 Å². The Morgan fingerprint density at radius 1 is 1.22 bits per heavy atom. The van der Waals surface area contributed by atoms with E-state index in [1.807, 2.05) is 12.1 Å². The lowest BCUT2D eigenvalue weighted by molar-refractivity contribution is -0.119. The van der Waals surface area contributed by atoms with Crippen LogP contribution in [0.3, 0.4) is 0 Å². The van der Waals surface area contributed by atoms with Gasteiger partial charge in [-0.2, -0.15) is 0 Å². The number of carbonyl (C=O) groups excluding carboxylic acids is 1. The minimum atomic E-state index is -1.06. The molecule has 0 bridgehead atoms. The van der Waals surface area contributed by atoms with Crippen molar-refractivity contribution in [2.45, 2.75) is 24.8 Å². The summed E-state index contributed by atoms with van der Waals surface area (Å²) in [5.74, 6) is 0.210. The molecule has 0 fully saturated rings. The maximum Gasteiger partial charge on any atom is 0.279 e. The molecule has 0 aliphatic rings. The summed E-state index contributed by atoms with van der Waals surface area (Å²) >= 11 is 2.58. The zero-order valence-electron chi connectivity index (χ0n) is 19.7. The summed E-state index contributed by atoms with van der Waals surface area (Å²) in [5, 5.41) is 9.20. The fourth-order valence-corrected chi connectivity index (χ4v) is 4.70. The van der Waals surface area contributed by atoms with Gasteiger partial charge in [0.25, 0.3) is 11.1 Å². The van der Waals surface area contributed by atoms with Crippen LogP contribution in [0.1, 0.15) is 18.2 Å². The van der Waals surface area contributed by atoms with E-state index in [-0.39, 0.29) is 6.54 Å². The topological polar surface area (TPSA) is 108 Å². The van der Waals surface area contributed by atoms with E-state index in [4.69, 9.17) is 18.7 Å². The van der Waals surface area contributed by atoms with Crippen molar-refractivity contribution in [1.82, 2.24) is 15.5 Å². The molecule has 2 aromatic heterocycles. The number of hydrogen-bond acceptors (Lipinski definition) is 10. The number of rotatable bonds is 11. The van der Waals surface area contributed by atoms with Gasteiger partial charge in [-0.15, -0.1) is 0 Å². The molecule has 0 saturated carbocycles. The molecule has 1 amide bonds. The summed E-state index contributed by atoms with van der Waals surface area (Å²) in [6.07, 6.45) is 0.906. The number of hydrogen-bond donors (Lipinski definition) is 2. The minimum absolute atomic E-state index is 0.0464. The lowest BCUT2D eigenvalue weighted by Crippen LogP contribution is -2.22. The first kappa shape index (κ1) is 25.3. The molecular weight excluding hydrogens is 507 g/mol. The van der Waals surface area contributed by atoms with Crippen molar-refractivity contribution >= 4 is 46.0 Å². The third-order valence-corrected chi connectivity index (χ3v) is 6.64. The number of carbonyl (C=O) groups is 1. The molecule has 36 heavy (non-hydrogen) atoms. The molecule has 188 valence electrons. The van der Waals surface area contributed by atoms with Crippen molar-refractivity contribution < 1.29 is 27.9 Å². The van der Waals surface area contributed by atoms with Gasteiger partial charge in [-0.25, -0.2) is 9.37 Å². The van der Waals surface area contributed by atoms with Crippen molar-refractivity contribution in [3.8, 4) is 22.4 Å². The molecule has 0 saturated heterocycles. The van der Waals surface area contributed by atoms with Gasteiger partial charge >= 0.3 is 0 Å². The highest BCUT2D eigenvalue weighted by Gasteiger charge is 2.18. The van der Waals surface area contributed by atoms with E-state index in [2.05, 4.69) is 39.7 Å². The highest BCUT2D eigenvalue weighted by molar-refractivity contribution is 8.00. The normalized spacial score (nSPS) is 10.8. The van der Waals surface area contributed by atoms with Gasteiger partial charge < -0.3 is 28.8 Å². The number of thiazole rings is 1. The lowest BCUT2D eigenvalue weighted by Gasteiger charge is -2.10. The summed E-state index contributed by atoms with van der Waals surface area (Å²) in [6, 6.07) is 9.40. The Hall–Kier alpha value is -3.77. The number of aromatic nitrogens is 2. The average Bonchev–Trinajstić information content (AvgIpc) is 3.51. The van der Waals surface area contributed by atoms with Crippen LogP contribution in [0.4, 0.5) is 10.2 Å². The Morgan fingerprint density at radius 2 is 2.03 bits per heavy atom. The molecule has 0 aliphatic heterocycles. The highest BCUT2D eigenvalue weighted by atomic mass is 32.2. The number of methoxy groups -OCH3 is 2. The molecule has 0 spiro atoms. The van der Waals surface area contributed by atoms with Gasteiger partial charge in [0.15, 0.2) is 17.2 Å². The average molecular weight is 531 g/mol. The van der Waals surface area contributed by atoms with Crippen molar-refractivity contribution in [2.24, 2.45) is 0 Å². The van der Waals surface area contributed by atoms with Crippen LogP contribution < -0.4 is 24.2 Å².